The van der Waals surface area contributed by atoms with Gasteiger partial charge in [-0.2, -0.15) is 0 Å². The van der Waals surface area contributed by atoms with Crippen LogP contribution in [0.3, 0.4) is 0 Å². The summed E-state index contributed by atoms with van der Waals surface area (Å²) in [7, 11) is 1.93. The molecule has 21 heavy (non-hydrogen) atoms. The normalized spacial score (nSPS) is 12.2. The third-order valence-electron chi connectivity index (χ3n) is 3.36. The van der Waals surface area contributed by atoms with Crippen molar-refractivity contribution in [2.24, 2.45) is 0 Å². The molecule has 0 bridgehead atoms. The van der Waals surface area contributed by atoms with Crippen LogP contribution in [-0.4, -0.2) is 13.7 Å². The van der Waals surface area contributed by atoms with Crippen LogP contribution in [0.2, 0.25) is 0 Å². The summed E-state index contributed by atoms with van der Waals surface area (Å²) in [4.78, 5) is 0. The first-order chi connectivity index (χ1) is 10.1. The molecule has 2 rings (SSSR count). The predicted octanol–water partition coefficient (Wildman–Crippen LogP) is 4.49. The van der Waals surface area contributed by atoms with Crippen LogP contribution in [-0.2, 0) is 6.42 Å². The van der Waals surface area contributed by atoms with E-state index in [0.29, 0.717) is 6.61 Å². The molecular formula is C17H19BrFNO. The Hall–Kier alpha value is -1.39. The Bertz CT molecular complexity index is 586. The Kier molecular flexibility index (Phi) is 5.76. The molecular weight excluding hydrogens is 333 g/mol. The molecule has 0 aliphatic heterocycles. The van der Waals surface area contributed by atoms with Gasteiger partial charge in [0.1, 0.15) is 11.6 Å². The van der Waals surface area contributed by atoms with Crippen molar-refractivity contribution in [2.75, 3.05) is 13.7 Å². The largest absolute Gasteiger partial charge is 0.493 e. The smallest absolute Gasteiger partial charge is 0.133 e. The van der Waals surface area contributed by atoms with Crippen molar-refractivity contribution in [3.8, 4) is 5.75 Å². The topological polar surface area (TPSA) is 21.3 Å². The zero-order valence-corrected chi connectivity index (χ0v) is 13.8. The summed E-state index contributed by atoms with van der Waals surface area (Å²) in [5.41, 5.74) is 2.26. The first kappa shape index (κ1) is 16.0. The molecule has 2 aromatic rings. The minimum atomic E-state index is -0.205. The first-order valence-corrected chi connectivity index (χ1v) is 7.77. The highest BCUT2D eigenvalue weighted by molar-refractivity contribution is 9.10. The molecule has 0 spiro atoms. The maximum atomic E-state index is 13.0. The molecule has 0 aromatic heterocycles. The molecule has 0 fully saturated rings. The number of halogens is 2. The van der Waals surface area contributed by atoms with Gasteiger partial charge in [0.15, 0.2) is 0 Å². The lowest BCUT2D eigenvalue weighted by atomic mass is 9.99. The van der Waals surface area contributed by atoms with E-state index in [0.717, 1.165) is 27.8 Å². The van der Waals surface area contributed by atoms with E-state index in [1.807, 2.05) is 32.2 Å². The number of ether oxygens (including phenoxy) is 1. The summed E-state index contributed by atoms with van der Waals surface area (Å²) < 4.78 is 19.4. The van der Waals surface area contributed by atoms with Crippen LogP contribution in [0, 0.1) is 5.82 Å². The average Bonchev–Trinajstić information content (AvgIpc) is 2.49. The molecule has 2 nitrogen and oxygen atoms in total. The van der Waals surface area contributed by atoms with Crippen molar-refractivity contribution in [3.05, 3.63) is 63.9 Å². The Balaban J connectivity index is 2.17. The van der Waals surface area contributed by atoms with Crippen LogP contribution in [0.4, 0.5) is 4.39 Å². The van der Waals surface area contributed by atoms with Gasteiger partial charge in [-0.15, -0.1) is 0 Å². The van der Waals surface area contributed by atoms with Crippen molar-refractivity contribution < 1.29 is 9.13 Å². The second-order valence-corrected chi connectivity index (χ2v) is 5.65. The van der Waals surface area contributed by atoms with E-state index in [1.165, 1.54) is 12.1 Å². The number of hydrogen-bond acceptors (Lipinski definition) is 2. The van der Waals surface area contributed by atoms with Crippen LogP contribution in [0.5, 0.6) is 5.75 Å². The molecule has 0 radical (unpaired) electrons. The van der Waals surface area contributed by atoms with E-state index in [9.17, 15) is 4.39 Å². The minimum Gasteiger partial charge on any atom is -0.493 e. The van der Waals surface area contributed by atoms with E-state index in [-0.39, 0.29) is 11.9 Å². The van der Waals surface area contributed by atoms with Gasteiger partial charge in [-0.1, -0.05) is 18.2 Å². The van der Waals surface area contributed by atoms with Gasteiger partial charge in [0.2, 0.25) is 0 Å². The summed E-state index contributed by atoms with van der Waals surface area (Å²) in [5, 5.41) is 3.30. The summed E-state index contributed by atoms with van der Waals surface area (Å²) in [6.07, 6.45) is 0.803. The van der Waals surface area contributed by atoms with E-state index < -0.39 is 0 Å². The fraction of sp³-hybridized carbons (Fsp3) is 0.294. The molecule has 1 atom stereocenters. The molecule has 0 aliphatic carbocycles. The predicted molar refractivity (Wildman–Crippen MR) is 87.2 cm³/mol. The Morgan fingerprint density at radius 1 is 1.19 bits per heavy atom. The Labute approximate surface area is 133 Å². The van der Waals surface area contributed by atoms with Gasteiger partial charge < -0.3 is 10.1 Å². The standard InChI is InChI=1S/C17H19BrFNO/c1-3-21-17-9-6-13(11-15(17)18)16(20-2)10-12-4-7-14(19)8-5-12/h4-9,11,16,20H,3,10H2,1-2H3. The fourth-order valence-corrected chi connectivity index (χ4v) is 2.76. The molecule has 0 amide bonds. The molecule has 1 N–H and O–H groups in total. The molecule has 4 heteroatoms. The summed E-state index contributed by atoms with van der Waals surface area (Å²) >= 11 is 3.54. The molecule has 1 unspecified atom stereocenters. The zero-order chi connectivity index (χ0) is 15.2. The maximum Gasteiger partial charge on any atom is 0.133 e. The van der Waals surface area contributed by atoms with Gasteiger partial charge in [-0.25, -0.2) is 4.39 Å². The van der Waals surface area contributed by atoms with Crippen molar-refractivity contribution in [2.45, 2.75) is 19.4 Å². The van der Waals surface area contributed by atoms with Gasteiger partial charge in [-0.3, -0.25) is 0 Å². The third-order valence-corrected chi connectivity index (χ3v) is 3.98. The lowest BCUT2D eigenvalue weighted by molar-refractivity contribution is 0.338. The van der Waals surface area contributed by atoms with Gasteiger partial charge in [0, 0.05) is 6.04 Å². The van der Waals surface area contributed by atoms with Crippen molar-refractivity contribution in [3.63, 3.8) is 0 Å². The number of likely N-dealkylation sites (N-methyl/N-ethyl adjacent to an activating group) is 1. The highest BCUT2D eigenvalue weighted by Gasteiger charge is 2.12. The van der Waals surface area contributed by atoms with Crippen LogP contribution in [0.25, 0.3) is 0 Å². The molecule has 0 saturated carbocycles. The number of rotatable bonds is 6. The third kappa shape index (κ3) is 4.29. The second kappa shape index (κ2) is 7.57. The quantitative estimate of drug-likeness (QED) is 0.827. The number of benzene rings is 2. The fourth-order valence-electron chi connectivity index (χ4n) is 2.25. The zero-order valence-electron chi connectivity index (χ0n) is 12.2. The molecule has 0 saturated heterocycles. The highest BCUT2D eigenvalue weighted by Crippen LogP contribution is 2.29. The van der Waals surface area contributed by atoms with E-state index in [4.69, 9.17) is 4.74 Å². The highest BCUT2D eigenvalue weighted by atomic mass is 79.9. The lowest BCUT2D eigenvalue weighted by Crippen LogP contribution is -2.18. The molecule has 112 valence electrons. The lowest BCUT2D eigenvalue weighted by Gasteiger charge is -2.18. The SMILES string of the molecule is CCOc1ccc(C(Cc2ccc(F)cc2)NC)cc1Br. The molecule has 0 aliphatic rings. The Morgan fingerprint density at radius 3 is 2.48 bits per heavy atom. The van der Waals surface area contributed by atoms with Crippen LogP contribution >= 0.6 is 15.9 Å². The van der Waals surface area contributed by atoms with Crippen LogP contribution in [0.1, 0.15) is 24.1 Å². The van der Waals surface area contributed by atoms with Gasteiger partial charge in [-0.05, 0) is 71.7 Å². The van der Waals surface area contributed by atoms with E-state index >= 15 is 0 Å². The van der Waals surface area contributed by atoms with E-state index in [1.54, 1.807) is 0 Å². The number of nitrogens with one attached hydrogen (secondary N) is 1. The first-order valence-electron chi connectivity index (χ1n) is 6.98. The van der Waals surface area contributed by atoms with Crippen LogP contribution in [0.15, 0.2) is 46.9 Å². The summed E-state index contributed by atoms with van der Waals surface area (Å²) in [6.45, 7) is 2.61. The van der Waals surface area contributed by atoms with E-state index in [2.05, 4.69) is 33.4 Å². The van der Waals surface area contributed by atoms with Crippen molar-refractivity contribution >= 4 is 15.9 Å². The monoisotopic (exact) mass is 351 g/mol. The molecule has 2 aromatic carbocycles. The van der Waals surface area contributed by atoms with Crippen molar-refractivity contribution in [1.29, 1.82) is 0 Å². The van der Waals surface area contributed by atoms with Gasteiger partial charge in [0.05, 0.1) is 11.1 Å². The second-order valence-electron chi connectivity index (χ2n) is 4.79. The van der Waals surface area contributed by atoms with Crippen LogP contribution < -0.4 is 10.1 Å². The summed E-state index contributed by atoms with van der Waals surface area (Å²) in [5.74, 6) is 0.640. The Morgan fingerprint density at radius 2 is 1.90 bits per heavy atom. The minimum absolute atomic E-state index is 0.169. The summed E-state index contributed by atoms with van der Waals surface area (Å²) in [6, 6.07) is 12.9. The average molecular weight is 352 g/mol. The van der Waals surface area contributed by atoms with Crippen molar-refractivity contribution in [1.82, 2.24) is 5.32 Å². The molecule has 0 heterocycles. The number of hydrogen-bond donors (Lipinski definition) is 1. The maximum absolute atomic E-state index is 13.0. The van der Waals surface area contributed by atoms with Gasteiger partial charge in [0.25, 0.3) is 0 Å². The van der Waals surface area contributed by atoms with Gasteiger partial charge >= 0.3 is 0 Å².